The van der Waals surface area contributed by atoms with Crippen molar-refractivity contribution >= 4 is 27.3 Å². The van der Waals surface area contributed by atoms with Crippen molar-refractivity contribution in [3.05, 3.63) is 70.9 Å². The highest BCUT2D eigenvalue weighted by Crippen LogP contribution is 2.23. The van der Waals surface area contributed by atoms with Gasteiger partial charge in [-0.3, -0.25) is 9.67 Å². The highest BCUT2D eigenvalue weighted by molar-refractivity contribution is 7.91. The number of hydrogen-bond donors (Lipinski definition) is 2. The minimum Gasteiger partial charge on any atom is -0.352 e. The van der Waals surface area contributed by atoms with Crippen LogP contribution in [0.25, 0.3) is 0 Å². The largest absolute Gasteiger partial charge is 0.352 e. The molecule has 2 N–H and O–H groups in total. The molecule has 0 atom stereocenters. The molecule has 0 radical (unpaired) electrons. The van der Waals surface area contributed by atoms with Crippen LogP contribution in [0.2, 0.25) is 0 Å². The second-order valence-corrected chi connectivity index (χ2v) is 10.3. The third kappa shape index (κ3) is 5.47. The van der Waals surface area contributed by atoms with Crippen LogP contribution in [0.3, 0.4) is 0 Å². The van der Waals surface area contributed by atoms with Crippen LogP contribution in [-0.2, 0) is 29.7 Å². The summed E-state index contributed by atoms with van der Waals surface area (Å²) in [6.07, 6.45) is 3.71. The highest BCUT2D eigenvalue weighted by Gasteiger charge is 2.19. The van der Waals surface area contributed by atoms with Gasteiger partial charge in [0, 0.05) is 45.0 Å². The monoisotopic (exact) mass is 446 g/mol. The zero-order valence-electron chi connectivity index (χ0n) is 17.2. The van der Waals surface area contributed by atoms with Crippen LogP contribution < -0.4 is 10.6 Å². The number of hydrogen-bond acceptors (Lipinski definition) is 5. The molecular weight excluding hydrogens is 420 g/mol. The van der Waals surface area contributed by atoms with Gasteiger partial charge in [0.25, 0.3) is 10.0 Å². The van der Waals surface area contributed by atoms with Gasteiger partial charge in [0.15, 0.2) is 5.96 Å². The normalized spacial score (nSPS) is 12.3. The fourth-order valence-corrected chi connectivity index (χ4v) is 5.26. The first-order valence-corrected chi connectivity index (χ1v) is 11.7. The van der Waals surface area contributed by atoms with Crippen LogP contribution in [0.5, 0.6) is 0 Å². The number of guanidine groups is 1. The van der Waals surface area contributed by atoms with E-state index in [2.05, 4.69) is 32.9 Å². The van der Waals surface area contributed by atoms with Crippen molar-refractivity contribution in [2.24, 2.45) is 4.99 Å². The number of aliphatic imine (C=N–C) groups is 1. The van der Waals surface area contributed by atoms with Gasteiger partial charge >= 0.3 is 0 Å². The molecule has 2 aromatic heterocycles. The summed E-state index contributed by atoms with van der Waals surface area (Å²) < 4.78 is 27.9. The average Bonchev–Trinajstić information content (AvgIpc) is 3.41. The number of nitrogens with one attached hydrogen (secondary N) is 2. The topological polar surface area (TPSA) is 91.6 Å². The summed E-state index contributed by atoms with van der Waals surface area (Å²) in [5.41, 5.74) is 2.34. The summed E-state index contributed by atoms with van der Waals surface area (Å²) in [6.45, 7) is 1.80. The third-order valence-electron chi connectivity index (χ3n) is 4.48. The van der Waals surface area contributed by atoms with Gasteiger partial charge in [-0.05, 0) is 29.3 Å². The van der Waals surface area contributed by atoms with Gasteiger partial charge in [0.05, 0.1) is 13.1 Å². The highest BCUT2D eigenvalue weighted by atomic mass is 32.2. The minimum absolute atomic E-state index is 0.333. The molecule has 0 aliphatic rings. The van der Waals surface area contributed by atoms with E-state index in [1.807, 2.05) is 35.1 Å². The van der Waals surface area contributed by atoms with Crippen molar-refractivity contribution < 1.29 is 8.42 Å². The Morgan fingerprint density at radius 2 is 1.83 bits per heavy atom. The summed E-state index contributed by atoms with van der Waals surface area (Å²) >= 11 is 1.26. The van der Waals surface area contributed by atoms with Crippen molar-refractivity contribution in [2.75, 3.05) is 21.1 Å². The predicted molar refractivity (Wildman–Crippen MR) is 120 cm³/mol. The summed E-state index contributed by atoms with van der Waals surface area (Å²) in [4.78, 5) is 5.18. The molecule has 0 unspecified atom stereocenters. The molecule has 2 heterocycles. The zero-order valence-corrected chi connectivity index (χ0v) is 18.9. The lowest BCUT2D eigenvalue weighted by atomic mass is 10.1. The van der Waals surface area contributed by atoms with Crippen LogP contribution >= 0.6 is 11.3 Å². The summed E-state index contributed by atoms with van der Waals surface area (Å²) in [6, 6.07) is 13.6. The second kappa shape index (κ2) is 9.88. The Labute approximate surface area is 181 Å². The molecule has 0 spiro atoms. The van der Waals surface area contributed by atoms with Crippen molar-refractivity contribution in [3.63, 3.8) is 0 Å². The number of sulfonamides is 1. The van der Waals surface area contributed by atoms with E-state index in [1.54, 1.807) is 19.3 Å². The summed E-state index contributed by atoms with van der Waals surface area (Å²) in [7, 11) is 1.37. The van der Waals surface area contributed by atoms with Gasteiger partial charge in [-0.1, -0.05) is 24.3 Å². The van der Waals surface area contributed by atoms with Crippen LogP contribution in [0.1, 0.15) is 16.0 Å². The molecule has 0 aliphatic heterocycles. The second-order valence-electron chi connectivity index (χ2n) is 6.76. The van der Waals surface area contributed by atoms with E-state index in [1.165, 1.54) is 35.3 Å². The van der Waals surface area contributed by atoms with Crippen LogP contribution in [0.4, 0.5) is 0 Å². The Bertz CT molecular complexity index is 1090. The number of rotatable bonds is 8. The number of aromatic nitrogens is 2. The van der Waals surface area contributed by atoms with E-state index in [0.29, 0.717) is 29.8 Å². The predicted octanol–water partition coefficient (Wildman–Crippen LogP) is 2.11. The Hall–Kier alpha value is -2.69. The standard InChI is InChI=1S/C20H26N6O2S2/c1-21-20(23-14-18-9-10-19(29-18)30(27,28)25(2)3)22-13-16-7-4-5-8-17(16)15-26-12-6-11-24-26/h4-12H,13-15H2,1-3H3,(H2,21,22,23). The molecule has 0 saturated carbocycles. The quantitative estimate of drug-likeness (QED) is 0.408. The Balaban J connectivity index is 1.58. The van der Waals surface area contributed by atoms with Gasteiger partial charge in [-0.25, -0.2) is 12.7 Å². The maximum Gasteiger partial charge on any atom is 0.252 e. The lowest BCUT2D eigenvalue weighted by molar-refractivity contribution is 0.523. The molecule has 1 aromatic carbocycles. The Morgan fingerprint density at radius 1 is 1.10 bits per heavy atom. The molecule has 10 heteroatoms. The first kappa shape index (κ1) is 22.0. The Morgan fingerprint density at radius 3 is 2.50 bits per heavy atom. The van der Waals surface area contributed by atoms with E-state index in [9.17, 15) is 8.42 Å². The van der Waals surface area contributed by atoms with Gasteiger partial charge in [-0.15, -0.1) is 11.3 Å². The molecule has 3 aromatic rings. The van der Waals surface area contributed by atoms with Crippen molar-refractivity contribution in [1.29, 1.82) is 0 Å². The Kier molecular flexibility index (Phi) is 7.24. The molecule has 8 nitrogen and oxygen atoms in total. The van der Waals surface area contributed by atoms with Crippen molar-refractivity contribution in [1.82, 2.24) is 24.7 Å². The van der Waals surface area contributed by atoms with Crippen LogP contribution in [-0.4, -0.2) is 49.6 Å². The van der Waals surface area contributed by atoms with Gasteiger partial charge in [0.2, 0.25) is 0 Å². The van der Waals surface area contributed by atoms with E-state index >= 15 is 0 Å². The van der Waals surface area contributed by atoms with Crippen molar-refractivity contribution in [2.45, 2.75) is 23.8 Å². The average molecular weight is 447 g/mol. The van der Waals surface area contributed by atoms with Crippen LogP contribution in [0, 0.1) is 0 Å². The van der Waals surface area contributed by atoms with E-state index in [4.69, 9.17) is 0 Å². The molecule has 0 amide bonds. The summed E-state index contributed by atoms with van der Waals surface area (Å²) in [5.74, 6) is 0.648. The molecule has 0 aliphatic carbocycles. The molecule has 30 heavy (non-hydrogen) atoms. The van der Waals surface area contributed by atoms with Gasteiger partial charge in [-0.2, -0.15) is 5.10 Å². The van der Waals surface area contributed by atoms with Gasteiger partial charge in [0.1, 0.15) is 4.21 Å². The molecular formula is C20H26N6O2S2. The third-order valence-corrected chi connectivity index (χ3v) is 7.85. The first-order valence-electron chi connectivity index (χ1n) is 9.40. The molecule has 160 valence electrons. The number of thiophene rings is 1. The maximum atomic E-state index is 12.2. The fraction of sp³-hybridized carbons (Fsp3) is 0.300. The van der Waals surface area contributed by atoms with Crippen LogP contribution in [0.15, 0.2) is 64.1 Å². The van der Waals surface area contributed by atoms with Gasteiger partial charge < -0.3 is 10.6 Å². The van der Waals surface area contributed by atoms with E-state index in [0.717, 1.165) is 10.4 Å². The molecule has 0 saturated heterocycles. The molecule has 3 rings (SSSR count). The maximum absolute atomic E-state index is 12.2. The van der Waals surface area contributed by atoms with E-state index in [-0.39, 0.29) is 0 Å². The minimum atomic E-state index is -3.40. The SMILES string of the molecule is CN=C(NCc1ccc(S(=O)(=O)N(C)C)s1)NCc1ccccc1Cn1cccn1. The van der Waals surface area contributed by atoms with E-state index < -0.39 is 10.0 Å². The molecule has 0 fully saturated rings. The number of nitrogens with zero attached hydrogens (tertiary/aromatic N) is 4. The van der Waals surface area contributed by atoms with Crippen molar-refractivity contribution in [3.8, 4) is 0 Å². The fourth-order valence-electron chi connectivity index (χ4n) is 2.79. The zero-order chi connectivity index (χ0) is 21.6. The molecule has 0 bridgehead atoms. The number of benzene rings is 1. The first-order chi connectivity index (χ1) is 14.4. The smallest absolute Gasteiger partial charge is 0.252 e. The summed E-state index contributed by atoms with van der Waals surface area (Å²) in [5, 5.41) is 10.8. The lowest BCUT2D eigenvalue weighted by Crippen LogP contribution is -2.36. The lowest BCUT2D eigenvalue weighted by Gasteiger charge is -2.14.